The van der Waals surface area contributed by atoms with E-state index in [0.29, 0.717) is 36.7 Å². The van der Waals surface area contributed by atoms with Gasteiger partial charge in [-0.1, -0.05) is 6.92 Å². The zero-order valence-electron chi connectivity index (χ0n) is 13.4. The quantitative estimate of drug-likeness (QED) is 0.587. The first-order valence-electron chi connectivity index (χ1n) is 7.50. The maximum absolute atomic E-state index is 11.9. The van der Waals surface area contributed by atoms with E-state index in [1.807, 2.05) is 20.8 Å². The Labute approximate surface area is 131 Å². The molecule has 1 aromatic carbocycles. The normalized spacial score (nSPS) is 10.1. The van der Waals surface area contributed by atoms with Gasteiger partial charge in [-0.3, -0.25) is 4.79 Å². The Morgan fingerprint density at radius 2 is 1.86 bits per heavy atom. The van der Waals surface area contributed by atoms with Crippen molar-refractivity contribution in [1.82, 2.24) is 4.90 Å². The molecule has 0 radical (unpaired) electrons. The van der Waals surface area contributed by atoms with Crippen molar-refractivity contribution in [1.29, 1.82) is 0 Å². The fourth-order valence-electron chi connectivity index (χ4n) is 1.87. The van der Waals surface area contributed by atoms with E-state index in [0.717, 1.165) is 6.42 Å². The number of nitrogens with zero attached hydrogens (tertiary/aromatic N) is 1. The molecule has 1 aromatic rings. The molecule has 0 heterocycles. The lowest BCUT2D eigenvalue weighted by Gasteiger charge is -2.19. The van der Waals surface area contributed by atoms with E-state index < -0.39 is 5.97 Å². The summed E-state index contributed by atoms with van der Waals surface area (Å²) in [5.74, 6) is -0.239. The largest absolute Gasteiger partial charge is 0.482 e. The third kappa shape index (κ3) is 4.95. The number of amides is 1. The van der Waals surface area contributed by atoms with Gasteiger partial charge < -0.3 is 20.1 Å². The molecule has 0 aliphatic carbocycles. The molecule has 0 unspecified atom stereocenters. The zero-order valence-corrected chi connectivity index (χ0v) is 13.4. The molecular weight excluding hydrogens is 284 g/mol. The smallest absolute Gasteiger partial charge is 0.338 e. The van der Waals surface area contributed by atoms with E-state index in [2.05, 4.69) is 0 Å². The second-order valence-corrected chi connectivity index (χ2v) is 4.74. The van der Waals surface area contributed by atoms with Gasteiger partial charge in [0.25, 0.3) is 5.91 Å². The summed E-state index contributed by atoms with van der Waals surface area (Å²) in [5, 5.41) is 0. The van der Waals surface area contributed by atoms with Gasteiger partial charge in [0.15, 0.2) is 6.61 Å². The zero-order chi connectivity index (χ0) is 16.5. The van der Waals surface area contributed by atoms with Gasteiger partial charge in [0.05, 0.1) is 17.9 Å². The Bertz CT molecular complexity index is 513. The minimum absolute atomic E-state index is 0.112. The third-order valence-corrected chi connectivity index (χ3v) is 3.15. The molecule has 0 bridgehead atoms. The minimum atomic E-state index is -0.429. The van der Waals surface area contributed by atoms with Crippen molar-refractivity contribution >= 4 is 17.6 Å². The lowest BCUT2D eigenvalue weighted by molar-refractivity contribution is -0.132. The van der Waals surface area contributed by atoms with E-state index in [1.54, 1.807) is 17.0 Å². The number of anilines is 1. The number of nitrogens with two attached hydrogens (primary N) is 1. The monoisotopic (exact) mass is 308 g/mol. The van der Waals surface area contributed by atoms with Crippen molar-refractivity contribution in [2.45, 2.75) is 27.2 Å². The molecule has 6 heteroatoms. The van der Waals surface area contributed by atoms with E-state index in [1.165, 1.54) is 6.07 Å². The molecule has 0 atom stereocenters. The van der Waals surface area contributed by atoms with E-state index in [-0.39, 0.29) is 12.5 Å². The van der Waals surface area contributed by atoms with Crippen molar-refractivity contribution in [3.63, 3.8) is 0 Å². The van der Waals surface area contributed by atoms with Crippen LogP contribution >= 0.6 is 0 Å². The Morgan fingerprint density at radius 3 is 2.45 bits per heavy atom. The van der Waals surface area contributed by atoms with Gasteiger partial charge in [-0.05, 0) is 38.5 Å². The highest BCUT2D eigenvalue weighted by atomic mass is 16.5. The van der Waals surface area contributed by atoms with Crippen LogP contribution in [0.1, 0.15) is 37.6 Å². The van der Waals surface area contributed by atoms with Crippen LogP contribution in [0.3, 0.4) is 0 Å². The number of esters is 1. The maximum atomic E-state index is 11.9. The highest BCUT2D eigenvalue weighted by Crippen LogP contribution is 2.23. The van der Waals surface area contributed by atoms with Gasteiger partial charge in [-0.15, -0.1) is 0 Å². The predicted molar refractivity (Wildman–Crippen MR) is 84.9 cm³/mol. The van der Waals surface area contributed by atoms with Crippen LogP contribution in [0, 0.1) is 0 Å². The van der Waals surface area contributed by atoms with Crippen molar-refractivity contribution in [2.75, 3.05) is 32.0 Å². The lowest BCUT2D eigenvalue weighted by Crippen LogP contribution is -2.34. The molecule has 1 rings (SSSR count). The molecule has 0 saturated heterocycles. The van der Waals surface area contributed by atoms with E-state index in [9.17, 15) is 9.59 Å². The van der Waals surface area contributed by atoms with E-state index in [4.69, 9.17) is 15.2 Å². The number of hydrogen-bond donors (Lipinski definition) is 1. The molecule has 6 nitrogen and oxygen atoms in total. The molecule has 0 aliphatic heterocycles. The van der Waals surface area contributed by atoms with Gasteiger partial charge in [0, 0.05) is 13.1 Å². The molecule has 22 heavy (non-hydrogen) atoms. The molecule has 0 aromatic heterocycles. The molecule has 2 N–H and O–H groups in total. The SMILES string of the molecule is CCCOC(=O)c1ccc(N)c(OCC(=O)N(CC)CC)c1. The topological polar surface area (TPSA) is 81.9 Å². The standard InChI is InChI=1S/C16H24N2O4/c1-4-9-21-16(20)12-7-8-13(17)14(10-12)22-11-15(19)18(5-2)6-3/h7-8,10H,4-6,9,11,17H2,1-3H3. The molecule has 0 spiro atoms. The Kier molecular flexibility index (Phi) is 7.22. The summed E-state index contributed by atoms with van der Waals surface area (Å²) in [6, 6.07) is 4.65. The second kappa shape index (κ2) is 8.92. The lowest BCUT2D eigenvalue weighted by atomic mass is 10.2. The summed E-state index contributed by atoms with van der Waals surface area (Å²) in [4.78, 5) is 25.4. The average molecular weight is 308 g/mol. The molecule has 0 fully saturated rings. The minimum Gasteiger partial charge on any atom is -0.482 e. The summed E-state index contributed by atoms with van der Waals surface area (Å²) in [7, 11) is 0. The number of rotatable bonds is 8. The Balaban J connectivity index is 2.74. The van der Waals surface area contributed by atoms with Gasteiger partial charge >= 0.3 is 5.97 Å². The summed E-state index contributed by atoms with van der Waals surface area (Å²) in [5.41, 5.74) is 6.54. The van der Waals surface area contributed by atoms with Crippen LogP contribution in [0.15, 0.2) is 18.2 Å². The second-order valence-electron chi connectivity index (χ2n) is 4.74. The molecule has 122 valence electrons. The molecule has 1 amide bonds. The van der Waals surface area contributed by atoms with Crippen LogP contribution in [0.25, 0.3) is 0 Å². The number of nitrogen functional groups attached to an aromatic ring is 1. The van der Waals surface area contributed by atoms with Gasteiger partial charge in [0.1, 0.15) is 5.75 Å². The number of benzene rings is 1. The molecule has 0 aliphatic rings. The Hall–Kier alpha value is -2.24. The predicted octanol–water partition coefficient (Wildman–Crippen LogP) is 2.08. The number of carbonyl (C=O) groups is 2. The Morgan fingerprint density at radius 1 is 1.18 bits per heavy atom. The summed E-state index contributed by atoms with van der Waals surface area (Å²) in [6.45, 7) is 7.22. The average Bonchev–Trinajstić information content (AvgIpc) is 2.52. The highest BCUT2D eigenvalue weighted by molar-refractivity contribution is 5.90. The molecular formula is C16H24N2O4. The number of carbonyl (C=O) groups excluding carboxylic acids is 2. The first-order chi connectivity index (χ1) is 10.5. The number of hydrogen-bond acceptors (Lipinski definition) is 5. The highest BCUT2D eigenvalue weighted by Gasteiger charge is 2.14. The van der Waals surface area contributed by atoms with Gasteiger partial charge in [0.2, 0.25) is 0 Å². The summed E-state index contributed by atoms with van der Waals surface area (Å²) < 4.78 is 10.5. The first kappa shape index (κ1) is 17.8. The summed E-state index contributed by atoms with van der Waals surface area (Å²) in [6.07, 6.45) is 0.752. The number of ether oxygens (including phenoxy) is 2. The van der Waals surface area contributed by atoms with Crippen LogP contribution in [-0.4, -0.2) is 43.1 Å². The fraction of sp³-hybridized carbons (Fsp3) is 0.500. The molecule has 0 saturated carbocycles. The van der Waals surface area contributed by atoms with Gasteiger partial charge in [-0.25, -0.2) is 4.79 Å². The first-order valence-corrected chi connectivity index (χ1v) is 7.50. The fourth-order valence-corrected chi connectivity index (χ4v) is 1.87. The van der Waals surface area contributed by atoms with Crippen molar-refractivity contribution in [3.05, 3.63) is 23.8 Å². The van der Waals surface area contributed by atoms with E-state index >= 15 is 0 Å². The van der Waals surface area contributed by atoms with Crippen molar-refractivity contribution < 1.29 is 19.1 Å². The van der Waals surface area contributed by atoms with Crippen LogP contribution in [0.2, 0.25) is 0 Å². The van der Waals surface area contributed by atoms with Crippen molar-refractivity contribution in [3.8, 4) is 5.75 Å². The van der Waals surface area contributed by atoms with Gasteiger partial charge in [-0.2, -0.15) is 0 Å². The maximum Gasteiger partial charge on any atom is 0.338 e. The third-order valence-electron chi connectivity index (χ3n) is 3.15. The van der Waals surface area contributed by atoms with Crippen molar-refractivity contribution in [2.24, 2.45) is 0 Å². The van der Waals surface area contributed by atoms with Crippen LogP contribution in [0.5, 0.6) is 5.75 Å². The number of likely N-dealkylation sites (N-methyl/N-ethyl adjacent to an activating group) is 1. The van der Waals surface area contributed by atoms with Crippen LogP contribution in [-0.2, 0) is 9.53 Å². The summed E-state index contributed by atoms with van der Waals surface area (Å²) >= 11 is 0. The van der Waals surface area contributed by atoms with Crippen LogP contribution < -0.4 is 10.5 Å². The van der Waals surface area contributed by atoms with Crippen LogP contribution in [0.4, 0.5) is 5.69 Å².